The van der Waals surface area contributed by atoms with Crippen LogP contribution in [0.15, 0.2) is 77.7 Å². The molecule has 1 heterocycles. The van der Waals surface area contributed by atoms with Crippen LogP contribution in [0.4, 0.5) is 0 Å². The highest BCUT2D eigenvalue weighted by molar-refractivity contribution is 7.89. The average molecular weight is 469 g/mol. The molecule has 3 aromatic carbocycles. The van der Waals surface area contributed by atoms with E-state index >= 15 is 0 Å². The predicted octanol–water partition coefficient (Wildman–Crippen LogP) is 4.64. The van der Waals surface area contributed by atoms with Crippen molar-refractivity contribution in [2.24, 2.45) is 0 Å². The summed E-state index contributed by atoms with van der Waals surface area (Å²) in [6.07, 6.45) is 0.644. The number of amides is 1. The quantitative estimate of drug-likeness (QED) is 0.573. The van der Waals surface area contributed by atoms with Gasteiger partial charge in [0.05, 0.1) is 10.9 Å². The lowest BCUT2D eigenvalue weighted by Gasteiger charge is -2.36. The predicted molar refractivity (Wildman–Crippen MR) is 126 cm³/mol. The van der Waals surface area contributed by atoms with E-state index in [9.17, 15) is 13.2 Å². The molecule has 5 nitrogen and oxygen atoms in total. The molecular formula is C25H25ClN2O3S. The molecule has 0 spiro atoms. The SMILES string of the molecule is Cc1ccc(S(=O)(=O)N2CCc3ccccc3[C@H]2CC(=O)NCc2ccccc2Cl)cc1. The highest BCUT2D eigenvalue weighted by atomic mass is 35.5. The molecule has 1 N–H and O–H groups in total. The van der Waals surface area contributed by atoms with Gasteiger partial charge in [-0.3, -0.25) is 4.79 Å². The minimum absolute atomic E-state index is 0.0343. The van der Waals surface area contributed by atoms with Crippen molar-refractivity contribution in [3.05, 3.63) is 100 Å². The van der Waals surface area contributed by atoms with E-state index in [0.717, 1.165) is 22.3 Å². The maximum atomic E-state index is 13.5. The van der Waals surface area contributed by atoms with Crippen LogP contribution in [0.25, 0.3) is 0 Å². The second-order valence-electron chi connectivity index (χ2n) is 7.97. The normalized spacial score (nSPS) is 16.4. The smallest absolute Gasteiger partial charge is 0.243 e. The Balaban J connectivity index is 1.60. The first-order valence-corrected chi connectivity index (χ1v) is 12.3. The van der Waals surface area contributed by atoms with Crippen molar-refractivity contribution in [1.29, 1.82) is 0 Å². The van der Waals surface area contributed by atoms with Gasteiger partial charge in [-0.2, -0.15) is 4.31 Å². The number of halogens is 1. The number of benzene rings is 3. The Morgan fingerprint density at radius 3 is 2.47 bits per heavy atom. The van der Waals surface area contributed by atoms with E-state index in [1.165, 1.54) is 4.31 Å². The molecule has 1 aliphatic heterocycles. The number of carbonyl (C=O) groups excluding carboxylic acids is 1. The lowest BCUT2D eigenvalue weighted by molar-refractivity contribution is -0.122. The molecule has 0 bridgehead atoms. The number of rotatable bonds is 6. The van der Waals surface area contributed by atoms with E-state index < -0.39 is 16.1 Å². The van der Waals surface area contributed by atoms with Gasteiger partial charge in [-0.05, 0) is 48.2 Å². The van der Waals surface area contributed by atoms with Crippen LogP contribution in [-0.2, 0) is 27.8 Å². The molecule has 0 saturated heterocycles. The molecule has 1 amide bonds. The Hall–Kier alpha value is -2.67. The van der Waals surface area contributed by atoms with Crippen molar-refractivity contribution < 1.29 is 13.2 Å². The second kappa shape index (κ2) is 9.45. The van der Waals surface area contributed by atoms with Crippen molar-refractivity contribution in [2.75, 3.05) is 6.54 Å². The zero-order valence-electron chi connectivity index (χ0n) is 17.8. The number of hydrogen-bond donors (Lipinski definition) is 1. The Bertz CT molecular complexity index is 1230. The van der Waals surface area contributed by atoms with E-state index in [2.05, 4.69) is 5.32 Å². The fraction of sp³-hybridized carbons (Fsp3) is 0.240. The summed E-state index contributed by atoms with van der Waals surface area (Å²) >= 11 is 6.19. The highest BCUT2D eigenvalue weighted by Gasteiger charge is 2.37. The molecule has 3 aromatic rings. The van der Waals surface area contributed by atoms with Crippen LogP contribution in [-0.4, -0.2) is 25.2 Å². The minimum Gasteiger partial charge on any atom is -0.352 e. The van der Waals surface area contributed by atoms with E-state index in [1.54, 1.807) is 30.3 Å². The third-order valence-corrected chi connectivity index (χ3v) is 8.09. The third-order valence-electron chi connectivity index (χ3n) is 5.80. The summed E-state index contributed by atoms with van der Waals surface area (Å²) in [7, 11) is -3.76. The van der Waals surface area contributed by atoms with Gasteiger partial charge in [0.25, 0.3) is 0 Å². The molecule has 1 aliphatic rings. The summed E-state index contributed by atoms with van der Waals surface area (Å²) in [6, 6.07) is 21.3. The van der Waals surface area contributed by atoms with Gasteiger partial charge >= 0.3 is 0 Å². The zero-order chi connectivity index (χ0) is 22.7. The van der Waals surface area contributed by atoms with Crippen LogP contribution < -0.4 is 5.32 Å². The Morgan fingerprint density at radius 2 is 1.72 bits per heavy atom. The molecule has 0 aromatic heterocycles. The van der Waals surface area contributed by atoms with E-state index in [-0.39, 0.29) is 23.8 Å². The van der Waals surface area contributed by atoms with Crippen LogP contribution >= 0.6 is 11.6 Å². The largest absolute Gasteiger partial charge is 0.352 e. The minimum atomic E-state index is -3.76. The van der Waals surface area contributed by atoms with Gasteiger partial charge in [0.15, 0.2) is 0 Å². The number of nitrogens with one attached hydrogen (secondary N) is 1. The third kappa shape index (κ3) is 4.72. The summed E-state index contributed by atoms with van der Waals surface area (Å²) in [5, 5.41) is 3.48. The molecule has 1 atom stereocenters. The van der Waals surface area contributed by atoms with Gasteiger partial charge in [0.2, 0.25) is 15.9 Å². The van der Waals surface area contributed by atoms with Crippen molar-refractivity contribution in [2.45, 2.75) is 37.2 Å². The van der Waals surface area contributed by atoms with Crippen LogP contribution in [0, 0.1) is 6.92 Å². The van der Waals surface area contributed by atoms with E-state index in [0.29, 0.717) is 18.0 Å². The number of aryl methyl sites for hydroxylation is 1. The fourth-order valence-corrected chi connectivity index (χ4v) is 5.87. The number of carbonyl (C=O) groups is 1. The Morgan fingerprint density at radius 1 is 1.03 bits per heavy atom. The van der Waals surface area contributed by atoms with Gasteiger partial charge < -0.3 is 5.32 Å². The molecule has 32 heavy (non-hydrogen) atoms. The summed E-state index contributed by atoms with van der Waals surface area (Å²) < 4.78 is 28.5. The number of sulfonamides is 1. The standard InChI is InChI=1S/C25H25ClN2O3S/c1-18-10-12-21(13-11-18)32(30,31)28-15-14-19-6-2-4-8-22(19)24(28)16-25(29)27-17-20-7-3-5-9-23(20)26/h2-13,24H,14-17H2,1H3,(H,27,29)/t24-/m1/s1. The Kier molecular flexibility index (Phi) is 6.65. The Labute approximate surface area is 194 Å². The maximum Gasteiger partial charge on any atom is 0.243 e. The first kappa shape index (κ1) is 22.5. The van der Waals surface area contributed by atoms with Crippen molar-refractivity contribution >= 4 is 27.5 Å². The van der Waals surface area contributed by atoms with Crippen LogP contribution in [0.5, 0.6) is 0 Å². The maximum absolute atomic E-state index is 13.5. The average Bonchev–Trinajstić information content (AvgIpc) is 2.79. The van der Waals surface area contributed by atoms with Crippen LogP contribution in [0.1, 0.15) is 34.7 Å². The first-order chi connectivity index (χ1) is 15.4. The number of hydrogen-bond acceptors (Lipinski definition) is 3. The summed E-state index contributed by atoms with van der Waals surface area (Å²) in [5.74, 6) is -0.226. The topological polar surface area (TPSA) is 66.5 Å². The van der Waals surface area contributed by atoms with Gasteiger partial charge in [-0.25, -0.2) is 8.42 Å². The molecule has 0 fully saturated rings. The molecule has 4 rings (SSSR count). The fourth-order valence-electron chi connectivity index (χ4n) is 4.06. The van der Waals surface area contributed by atoms with Crippen molar-refractivity contribution in [3.63, 3.8) is 0 Å². The highest BCUT2D eigenvalue weighted by Crippen LogP contribution is 2.36. The first-order valence-electron chi connectivity index (χ1n) is 10.5. The lowest BCUT2D eigenvalue weighted by Crippen LogP contribution is -2.42. The van der Waals surface area contributed by atoms with Crippen LogP contribution in [0.2, 0.25) is 5.02 Å². The van der Waals surface area contributed by atoms with Crippen molar-refractivity contribution in [3.8, 4) is 0 Å². The molecule has 0 radical (unpaired) electrons. The summed E-state index contributed by atoms with van der Waals surface area (Å²) in [6.45, 7) is 2.53. The summed E-state index contributed by atoms with van der Waals surface area (Å²) in [4.78, 5) is 13.1. The van der Waals surface area contributed by atoms with Crippen LogP contribution in [0.3, 0.4) is 0 Å². The van der Waals surface area contributed by atoms with Gasteiger partial charge in [-0.1, -0.05) is 71.8 Å². The lowest BCUT2D eigenvalue weighted by atomic mass is 9.92. The molecular weight excluding hydrogens is 444 g/mol. The van der Waals surface area contributed by atoms with Gasteiger partial charge in [0, 0.05) is 24.5 Å². The molecule has 166 valence electrons. The van der Waals surface area contributed by atoms with E-state index in [4.69, 9.17) is 11.6 Å². The molecule has 7 heteroatoms. The molecule has 0 aliphatic carbocycles. The second-order valence-corrected chi connectivity index (χ2v) is 10.3. The number of fused-ring (bicyclic) bond motifs is 1. The van der Waals surface area contributed by atoms with Gasteiger partial charge in [0.1, 0.15) is 0 Å². The molecule has 0 saturated carbocycles. The van der Waals surface area contributed by atoms with E-state index in [1.807, 2.05) is 49.4 Å². The molecule has 0 unspecified atom stereocenters. The number of nitrogens with zero attached hydrogens (tertiary/aromatic N) is 1. The summed E-state index contributed by atoms with van der Waals surface area (Å²) in [5.41, 5.74) is 3.76. The van der Waals surface area contributed by atoms with Crippen molar-refractivity contribution in [1.82, 2.24) is 9.62 Å². The monoisotopic (exact) mass is 468 g/mol. The van der Waals surface area contributed by atoms with Gasteiger partial charge in [-0.15, -0.1) is 0 Å². The zero-order valence-corrected chi connectivity index (χ0v) is 19.4.